The summed E-state index contributed by atoms with van der Waals surface area (Å²) in [6.45, 7) is 0. The van der Waals surface area contributed by atoms with Crippen molar-refractivity contribution in [3.8, 4) is 0 Å². The van der Waals surface area contributed by atoms with Crippen LogP contribution in [0.3, 0.4) is 0 Å². The predicted octanol–water partition coefficient (Wildman–Crippen LogP) is -0.438. The maximum absolute atomic E-state index is 3.78. The maximum atomic E-state index is 3.78. The van der Waals surface area contributed by atoms with E-state index in [2.05, 4.69) is 19.8 Å². The zero-order valence-electron chi connectivity index (χ0n) is 2.56. The third-order valence-corrected chi connectivity index (χ3v) is 0. The first-order valence-corrected chi connectivity index (χ1v) is 1.64. The molecule has 0 aromatic rings. The molecule has 0 aliphatic carbocycles. The second-order valence-corrected chi connectivity index (χ2v) is 0. The molecule has 0 spiro atoms. The van der Waals surface area contributed by atoms with Gasteiger partial charge in [0.1, 0.15) is 0 Å². The molecule has 0 saturated heterocycles. The van der Waals surface area contributed by atoms with E-state index in [1.54, 1.807) is 0 Å². The summed E-state index contributed by atoms with van der Waals surface area (Å²) in [7, 11) is 3.11. The van der Waals surface area contributed by atoms with E-state index in [4.69, 9.17) is 0 Å². The molecule has 0 atom stereocenters. The van der Waals surface area contributed by atoms with Crippen LogP contribution in [0.25, 0.3) is 0 Å². The number of rotatable bonds is 0. The molecule has 0 N–H and O–H groups in total. The molecule has 0 fully saturated rings. The van der Waals surface area contributed by atoms with Gasteiger partial charge in [0.2, 0.25) is 0 Å². The van der Waals surface area contributed by atoms with Crippen LogP contribution in [0, 0.1) is 0 Å². The molecule has 0 unspecified atom stereocenters. The van der Waals surface area contributed by atoms with E-state index < -0.39 is 0 Å². The minimum atomic E-state index is 0. The molecule has 4 radical (unpaired) electrons. The van der Waals surface area contributed by atoms with Crippen molar-refractivity contribution in [2.24, 2.45) is 0 Å². The Labute approximate surface area is 62.1 Å². The van der Waals surface area contributed by atoms with Crippen molar-refractivity contribution in [2.45, 2.75) is 0 Å². The van der Waals surface area contributed by atoms with Crippen LogP contribution in [0.5, 0.6) is 0 Å². The Bertz CT molecular complexity index is 8.00. The van der Waals surface area contributed by atoms with Crippen LogP contribution < -0.4 is 0 Å². The van der Waals surface area contributed by atoms with E-state index in [0.717, 1.165) is 0 Å². The summed E-state index contributed by atoms with van der Waals surface area (Å²) in [4.78, 5) is 0. The Kier molecular flexibility index (Phi) is 86.3. The second-order valence-electron chi connectivity index (χ2n) is 0. The predicted molar refractivity (Wildman–Crippen MR) is 28.6 cm³/mol. The first-order valence-electron chi connectivity index (χ1n) is 0.183. The van der Waals surface area contributed by atoms with E-state index in [-0.39, 0.29) is 42.8 Å². The van der Waals surface area contributed by atoms with Crippen molar-refractivity contribution in [1.29, 1.82) is 0 Å². The minimum absolute atomic E-state index is 0. The van der Waals surface area contributed by atoms with Crippen LogP contribution in [0.15, 0.2) is 0 Å². The number of hydrogen-bond acceptors (Lipinski definition) is 1. The van der Waals surface area contributed by atoms with Crippen molar-refractivity contribution < 1.29 is 0 Å². The van der Waals surface area contributed by atoms with Gasteiger partial charge in [-0.05, 0) is 11.8 Å². The van der Waals surface area contributed by atoms with E-state index in [1.165, 1.54) is 0 Å². The monoisotopic (exact) mass is 192 g/mol. The van der Waals surface area contributed by atoms with Gasteiger partial charge in [-0.2, -0.15) is 0 Å². The Morgan fingerprint density at radius 2 is 1.25 bits per heavy atom. The molecule has 0 aliphatic rings. The van der Waals surface area contributed by atoms with E-state index >= 15 is 0 Å². The zero-order valence-corrected chi connectivity index (χ0v) is 8.31. The van der Waals surface area contributed by atoms with E-state index in [9.17, 15) is 0 Å². The summed E-state index contributed by atoms with van der Waals surface area (Å²) in [5.74, 6) is 0. The first kappa shape index (κ1) is 16.8. The molecule has 0 heterocycles. The molecule has 0 aliphatic heterocycles. The fourth-order valence-corrected chi connectivity index (χ4v) is 0. The summed E-state index contributed by atoms with van der Waals surface area (Å²) >= 11 is 3.78. The zero-order chi connectivity index (χ0) is 2.00. The van der Waals surface area contributed by atoms with Crippen LogP contribution in [-0.2, 0) is 11.8 Å². The molecular weight excluding hydrogens is 189 g/mol. The topological polar surface area (TPSA) is 0 Å². The molecular formula is H2LiPSSn. The van der Waals surface area contributed by atoms with Gasteiger partial charge in [-0.25, -0.2) is 0 Å². The Morgan fingerprint density at radius 1 is 1.25 bits per heavy atom. The SMILES string of the molecule is [Li].[P]=S.[SnH2]. The molecule has 0 aromatic carbocycles. The summed E-state index contributed by atoms with van der Waals surface area (Å²) in [5, 5.41) is 0. The first-order chi connectivity index (χ1) is 1.00. The standard InChI is InChI=1S/Li.PS.Sn.2H/c;1-2;;;. The quantitative estimate of drug-likeness (QED) is 0.369. The summed E-state index contributed by atoms with van der Waals surface area (Å²) in [5.41, 5.74) is 0. The normalized spacial score (nSPS) is 1.00. The third-order valence-electron chi connectivity index (χ3n) is 0. The van der Waals surface area contributed by atoms with Crippen LogP contribution in [0.2, 0.25) is 0 Å². The molecule has 4 heteroatoms. The summed E-state index contributed by atoms with van der Waals surface area (Å²) in [6, 6.07) is 0. The van der Waals surface area contributed by atoms with Crippen LogP contribution in [0.4, 0.5) is 0 Å². The average molecular weight is 191 g/mol. The van der Waals surface area contributed by atoms with Crippen molar-refractivity contribution in [3.05, 3.63) is 0 Å². The Balaban J connectivity index is -0.00000000500. The molecule has 18 valence electrons. The third kappa shape index (κ3) is 9.07. The van der Waals surface area contributed by atoms with Gasteiger partial charge in [0.25, 0.3) is 0 Å². The Hall–Kier alpha value is 1.92. The molecule has 0 nitrogen and oxygen atoms in total. The van der Waals surface area contributed by atoms with Crippen molar-refractivity contribution >= 4 is 62.6 Å². The molecule has 0 saturated carbocycles. The summed E-state index contributed by atoms with van der Waals surface area (Å²) in [6.07, 6.45) is 0. The second kappa shape index (κ2) is 20.5. The summed E-state index contributed by atoms with van der Waals surface area (Å²) < 4.78 is 0. The van der Waals surface area contributed by atoms with Gasteiger partial charge >= 0.3 is 23.9 Å². The average Bonchev–Trinajstić information content (AvgIpc) is 1.00. The van der Waals surface area contributed by atoms with Gasteiger partial charge in [0, 0.05) is 26.9 Å². The van der Waals surface area contributed by atoms with Gasteiger partial charge in [0.15, 0.2) is 0 Å². The van der Waals surface area contributed by atoms with Crippen LogP contribution in [0.1, 0.15) is 0 Å². The fraction of sp³-hybridized carbons (Fsp3) is 0. The van der Waals surface area contributed by atoms with Gasteiger partial charge in [-0.1, -0.05) is 0 Å². The molecule has 0 bridgehead atoms. The Morgan fingerprint density at radius 3 is 1.25 bits per heavy atom. The van der Waals surface area contributed by atoms with Crippen molar-refractivity contribution in [1.82, 2.24) is 0 Å². The molecule has 0 rings (SSSR count). The van der Waals surface area contributed by atoms with Crippen LogP contribution in [-0.4, -0.2) is 42.8 Å². The van der Waals surface area contributed by atoms with Crippen molar-refractivity contribution in [3.63, 3.8) is 0 Å². The van der Waals surface area contributed by atoms with E-state index in [1.807, 2.05) is 0 Å². The fourth-order valence-electron chi connectivity index (χ4n) is 0. The molecule has 0 amide bonds. The molecule has 0 aromatic heterocycles. The van der Waals surface area contributed by atoms with E-state index in [0.29, 0.717) is 0 Å². The van der Waals surface area contributed by atoms with Gasteiger partial charge in [-0.3, -0.25) is 0 Å². The van der Waals surface area contributed by atoms with Gasteiger partial charge in [-0.15, -0.1) is 0 Å². The van der Waals surface area contributed by atoms with Crippen molar-refractivity contribution in [2.75, 3.05) is 0 Å². The van der Waals surface area contributed by atoms with Gasteiger partial charge < -0.3 is 0 Å². The number of hydrogen-bond donors (Lipinski definition) is 0. The molecule has 4 heavy (non-hydrogen) atoms. The van der Waals surface area contributed by atoms with Crippen LogP contribution >= 0.6 is 8.02 Å². The van der Waals surface area contributed by atoms with Gasteiger partial charge in [0.05, 0.1) is 0 Å².